The number of fused-ring (bicyclic) bond motifs is 4. The van der Waals surface area contributed by atoms with Crippen molar-refractivity contribution in [3.05, 3.63) is 24.3 Å². The summed E-state index contributed by atoms with van der Waals surface area (Å²) < 4.78 is 11.1. The zero-order chi connectivity index (χ0) is 26.7. The maximum absolute atomic E-state index is 13.2. The maximum Gasteiger partial charge on any atom is 0.326 e. The van der Waals surface area contributed by atoms with Gasteiger partial charge in [0.25, 0.3) is 0 Å². The predicted octanol–water partition coefficient (Wildman–Crippen LogP) is 3.43. The number of esters is 2. The molecule has 36 heavy (non-hydrogen) atoms. The second kappa shape index (κ2) is 6.78. The number of carbonyl (C=O) groups is 6. The second-order valence-electron chi connectivity index (χ2n) is 12.3. The van der Waals surface area contributed by atoms with Gasteiger partial charge in [-0.3, -0.25) is 28.8 Å². The van der Waals surface area contributed by atoms with Crippen molar-refractivity contribution in [2.24, 2.45) is 32.5 Å². The highest BCUT2D eigenvalue weighted by Gasteiger charge is 2.79. The predicted molar refractivity (Wildman–Crippen MR) is 125 cm³/mol. The SMILES string of the molecule is CC12CCC(C(=O)Oc3ccc(OC(=O)C45CCC(C)(C(=O)C4=O)C5(C)C)cc3)(C(=O)C1=O)C2(C)C. The first-order valence-corrected chi connectivity index (χ1v) is 12.3. The average Bonchev–Trinajstić information content (AvgIpc) is 3.25. The van der Waals surface area contributed by atoms with Gasteiger partial charge in [0.1, 0.15) is 22.3 Å². The Labute approximate surface area is 209 Å². The van der Waals surface area contributed by atoms with Crippen LogP contribution in [0.4, 0.5) is 0 Å². The summed E-state index contributed by atoms with van der Waals surface area (Å²) >= 11 is 0. The molecule has 0 amide bonds. The molecule has 4 unspecified atom stereocenters. The summed E-state index contributed by atoms with van der Waals surface area (Å²) in [7, 11) is 0. The Hall–Kier alpha value is -3.16. The zero-order valence-corrected chi connectivity index (χ0v) is 21.4. The third-order valence-corrected chi connectivity index (χ3v) is 11.0. The van der Waals surface area contributed by atoms with E-state index < -0.39 is 67.6 Å². The average molecular weight is 495 g/mol. The molecule has 0 spiro atoms. The van der Waals surface area contributed by atoms with E-state index in [0.29, 0.717) is 12.8 Å². The molecule has 8 nitrogen and oxygen atoms in total. The van der Waals surface area contributed by atoms with E-state index in [1.54, 1.807) is 41.5 Å². The summed E-state index contributed by atoms with van der Waals surface area (Å²) in [5.41, 5.74) is -6.62. The Morgan fingerprint density at radius 1 is 0.556 bits per heavy atom. The molecular weight excluding hydrogens is 464 g/mol. The number of hydrogen-bond acceptors (Lipinski definition) is 8. The molecule has 1 aromatic carbocycles. The number of benzene rings is 1. The molecule has 0 aliphatic heterocycles. The van der Waals surface area contributed by atoms with Crippen molar-refractivity contribution < 1.29 is 38.2 Å². The minimum Gasteiger partial charge on any atom is -0.426 e. The van der Waals surface area contributed by atoms with Crippen molar-refractivity contribution in [2.75, 3.05) is 0 Å². The van der Waals surface area contributed by atoms with Gasteiger partial charge < -0.3 is 9.47 Å². The van der Waals surface area contributed by atoms with E-state index in [9.17, 15) is 28.8 Å². The molecule has 190 valence electrons. The molecule has 4 bridgehead atoms. The van der Waals surface area contributed by atoms with Crippen molar-refractivity contribution in [3.63, 3.8) is 0 Å². The van der Waals surface area contributed by atoms with Gasteiger partial charge in [0.05, 0.1) is 0 Å². The lowest BCUT2D eigenvalue weighted by Gasteiger charge is -2.36. The van der Waals surface area contributed by atoms with Gasteiger partial charge in [-0.15, -0.1) is 0 Å². The smallest absolute Gasteiger partial charge is 0.326 e. The van der Waals surface area contributed by atoms with E-state index in [-0.39, 0.29) is 24.3 Å². The van der Waals surface area contributed by atoms with Gasteiger partial charge in [0.2, 0.25) is 23.1 Å². The summed E-state index contributed by atoms with van der Waals surface area (Å²) in [5.74, 6) is -3.72. The van der Waals surface area contributed by atoms with Crippen LogP contribution in [0.1, 0.15) is 67.2 Å². The molecule has 4 fully saturated rings. The molecule has 4 atom stereocenters. The number of hydrogen-bond donors (Lipinski definition) is 0. The van der Waals surface area contributed by atoms with Gasteiger partial charge in [-0.1, -0.05) is 41.5 Å². The van der Waals surface area contributed by atoms with E-state index in [4.69, 9.17) is 9.47 Å². The summed E-state index contributed by atoms with van der Waals surface area (Å²) in [4.78, 5) is 77.5. The van der Waals surface area contributed by atoms with Crippen LogP contribution in [0.25, 0.3) is 0 Å². The van der Waals surface area contributed by atoms with Crippen LogP contribution < -0.4 is 9.47 Å². The van der Waals surface area contributed by atoms with Crippen LogP contribution in [0.5, 0.6) is 11.5 Å². The monoisotopic (exact) mass is 494 g/mol. The van der Waals surface area contributed by atoms with Crippen LogP contribution in [-0.4, -0.2) is 35.1 Å². The van der Waals surface area contributed by atoms with Gasteiger partial charge in [-0.2, -0.15) is 0 Å². The van der Waals surface area contributed by atoms with Crippen molar-refractivity contribution in [1.82, 2.24) is 0 Å². The number of rotatable bonds is 4. The number of Topliss-reactive ketones (excluding diaryl/α,β-unsaturated/α-hetero) is 4. The van der Waals surface area contributed by atoms with Gasteiger partial charge in [0.15, 0.2) is 0 Å². The van der Waals surface area contributed by atoms with Crippen LogP contribution >= 0.6 is 0 Å². The van der Waals surface area contributed by atoms with E-state index in [2.05, 4.69) is 0 Å². The summed E-state index contributed by atoms with van der Waals surface area (Å²) in [5, 5.41) is 0. The Kier molecular flexibility index (Phi) is 4.62. The molecule has 0 saturated heterocycles. The summed E-state index contributed by atoms with van der Waals surface area (Å²) in [6, 6.07) is 5.68. The number of carbonyl (C=O) groups excluding carboxylic acids is 6. The quantitative estimate of drug-likeness (QED) is 0.270. The van der Waals surface area contributed by atoms with Crippen LogP contribution in [0.15, 0.2) is 24.3 Å². The van der Waals surface area contributed by atoms with Crippen LogP contribution in [0, 0.1) is 32.5 Å². The van der Waals surface area contributed by atoms with Gasteiger partial charge in [-0.25, -0.2) is 0 Å². The fourth-order valence-corrected chi connectivity index (χ4v) is 7.41. The number of ether oxygens (including phenoxy) is 2. The molecule has 0 N–H and O–H groups in total. The maximum atomic E-state index is 13.2. The topological polar surface area (TPSA) is 121 Å². The van der Waals surface area contributed by atoms with Crippen molar-refractivity contribution in [1.29, 1.82) is 0 Å². The fraction of sp³-hybridized carbons (Fsp3) is 0.571. The van der Waals surface area contributed by atoms with Crippen molar-refractivity contribution in [2.45, 2.75) is 67.2 Å². The zero-order valence-electron chi connectivity index (χ0n) is 21.4. The highest BCUT2D eigenvalue weighted by molar-refractivity contribution is 6.49. The minimum absolute atomic E-state index is 0.129. The Morgan fingerprint density at radius 3 is 1.11 bits per heavy atom. The highest BCUT2D eigenvalue weighted by atomic mass is 16.5. The molecular formula is C28H30O8. The molecule has 0 aromatic heterocycles. The van der Waals surface area contributed by atoms with Crippen molar-refractivity contribution in [3.8, 4) is 11.5 Å². The molecule has 0 heterocycles. The van der Waals surface area contributed by atoms with Crippen molar-refractivity contribution >= 4 is 35.1 Å². The van der Waals surface area contributed by atoms with E-state index >= 15 is 0 Å². The molecule has 8 heteroatoms. The van der Waals surface area contributed by atoms with Crippen LogP contribution in [0.2, 0.25) is 0 Å². The minimum atomic E-state index is -1.53. The van der Waals surface area contributed by atoms with Crippen LogP contribution in [0.3, 0.4) is 0 Å². The molecule has 5 rings (SSSR count). The molecule has 4 aliphatic carbocycles. The third kappa shape index (κ3) is 2.32. The molecule has 4 aliphatic rings. The van der Waals surface area contributed by atoms with E-state index in [0.717, 1.165) is 0 Å². The molecule has 4 saturated carbocycles. The first-order valence-electron chi connectivity index (χ1n) is 12.3. The van der Waals surface area contributed by atoms with Gasteiger partial charge in [0, 0.05) is 21.7 Å². The second-order valence-corrected chi connectivity index (χ2v) is 12.3. The van der Waals surface area contributed by atoms with E-state index in [1.165, 1.54) is 24.3 Å². The normalized spacial score (nSPS) is 37.5. The Balaban J connectivity index is 1.35. The largest absolute Gasteiger partial charge is 0.426 e. The van der Waals surface area contributed by atoms with Gasteiger partial charge in [-0.05, 0) is 49.9 Å². The Morgan fingerprint density at radius 2 is 0.861 bits per heavy atom. The third-order valence-electron chi connectivity index (χ3n) is 11.0. The van der Waals surface area contributed by atoms with Crippen LogP contribution in [-0.2, 0) is 28.8 Å². The first kappa shape index (κ1) is 24.5. The highest BCUT2D eigenvalue weighted by Crippen LogP contribution is 2.70. The van der Waals surface area contributed by atoms with Gasteiger partial charge >= 0.3 is 11.9 Å². The fourth-order valence-electron chi connectivity index (χ4n) is 7.41. The standard InChI is InChI=1S/C28H30O8/c1-23(2)25(5)11-13-27(23,19(31)17(25)29)21(33)35-15-7-9-16(10-8-15)36-22(34)28-14-12-26(6,24(28,3)4)18(30)20(28)32/h7-10H,11-14H2,1-6H3. The molecule has 0 radical (unpaired) electrons. The lowest BCUT2D eigenvalue weighted by atomic mass is 9.65. The Bertz CT molecular complexity index is 1190. The summed E-state index contributed by atoms with van der Waals surface area (Å²) in [6.07, 6.45) is 1.37. The summed E-state index contributed by atoms with van der Waals surface area (Å²) in [6.45, 7) is 10.5. The number of ketones is 4. The molecule has 1 aromatic rings. The lowest BCUT2D eigenvalue weighted by molar-refractivity contribution is -0.159. The lowest BCUT2D eigenvalue weighted by Crippen LogP contribution is -2.47. The first-order chi connectivity index (χ1) is 16.5. The van der Waals surface area contributed by atoms with E-state index in [1.807, 2.05) is 0 Å².